The highest BCUT2D eigenvalue weighted by Gasteiger charge is 2.20. The molecule has 1 aromatic rings. The van der Waals surface area contributed by atoms with Gasteiger partial charge in [0.1, 0.15) is 5.76 Å². The molecule has 90 valence electrons. The Bertz CT molecular complexity index is 369. The van der Waals surface area contributed by atoms with E-state index in [1.54, 1.807) is 0 Å². The Balaban J connectivity index is 2.53. The van der Waals surface area contributed by atoms with Gasteiger partial charge in [0.2, 0.25) is 5.91 Å². The molecule has 1 aromatic heterocycles. The summed E-state index contributed by atoms with van der Waals surface area (Å²) in [7, 11) is 0. The standard InChI is InChI=1S/C10H14Br2N2O2/c1-10(2,4-8(13)15)14-5-6-3-7(11)9(12)16-6/h3,14H,4-5H2,1-2H3,(H2,13,15). The molecule has 0 aromatic carbocycles. The van der Waals surface area contributed by atoms with Crippen molar-refractivity contribution in [3.63, 3.8) is 0 Å². The highest BCUT2D eigenvalue weighted by molar-refractivity contribution is 9.13. The van der Waals surface area contributed by atoms with Crippen molar-refractivity contribution in [2.75, 3.05) is 0 Å². The molecule has 0 radical (unpaired) electrons. The number of nitrogens with two attached hydrogens (primary N) is 1. The molecule has 0 bridgehead atoms. The number of furan rings is 1. The molecule has 3 N–H and O–H groups in total. The first-order chi connectivity index (χ1) is 7.30. The van der Waals surface area contributed by atoms with Gasteiger partial charge < -0.3 is 15.5 Å². The van der Waals surface area contributed by atoms with E-state index in [4.69, 9.17) is 10.2 Å². The maximum absolute atomic E-state index is 10.8. The highest BCUT2D eigenvalue weighted by Crippen LogP contribution is 2.26. The molecular formula is C10H14Br2N2O2. The maximum Gasteiger partial charge on any atom is 0.219 e. The smallest absolute Gasteiger partial charge is 0.219 e. The highest BCUT2D eigenvalue weighted by atomic mass is 79.9. The van der Waals surface area contributed by atoms with Gasteiger partial charge in [0.15, 0.2) is 4.67 Å². The van der Waals surface area contributed by atoms with Crippen molar-refractivity contribution >= 4 is 37.8 Å². The Hall–Kier alpha value is -0.330. The number of rotatable bonds is 5. The molecule has 0 aliphatic rings. The minimum atomic E-state index is -0.336. The molecule has 6 heteroatoms. The largest absolute Gasteiger partial charge is 0.452 e. The lowest BCUT2D eigenvalue weighted by atomic mass is 10.0. The van der Waals surface area contributed by atoms with Crippen LogP contribution in [0, 0.1) is 0 Å². The fourth-order valence-corrected chi connectivity index (χ4v) is 1.96. The quantitative estimate of drug-likeness (QED) is 0.854. The van der Waals surface area contributed by atoms with E-state index in [9.17, 15) is 4.79 Å². The molecule has 16 heavy (non-hydrogen) atoms. The van der Waals surface area contributed by atoms with E-state index in [0.717, 1.165) is 10.2 Å². The van der Waals surface area contributed by atoms with Crippen LogP contribution < -0.4 is 11.1 Å². The molecule has 0 saturated carbocycles. The van der Waals surface area contributed by atoms with Gasteiger partial charge in [-0.3, -0.25) is 4.79 Å². The van der Waals surface area contributed by atoms with Gasteiger partial charge >= 0.3 is 0 Å². The summed E-state index contributed by atoms with van der Waals surface area (Å²) in [5.74, 6) is 0.468. The summed E-state index contributed by atoms with van der Waals surface area (Å²) in [6.45, 7) is 4.39. The third-order valence-electron chi connectivity index (χ3n) is 2.05. The SMILES string of the molecule is CC(C)(CC(N)=O)NCc1cc(Br)c(Br)o1. The minimum Gasteiger partial charge on any atom is -0.452 e. The van der Waals surface area contributed by atoms with E-state index in [0.29, 0.717) is 11.2 Å². The topological polar surface area (TPSA) is 68.3 Å². The lowest BCUT2D eigenvalue weighted by Gasteiger charge is -2.24. The van der Waals surface area contributed by atoms with Crippen LogP contribution in [0.2, 0.25) is 0 Å². The van der Waals surface area contributed by atoms with Gasteiger partial charge in [-0.1, -0.05) is 0 Å². The number of hydrogen-bond donors (Lipinski definition) is 2. The number of amides is 1. The van der Waals surface area contributed by atoms with Crippen molar-refractivity contribution in [2.24, 2.45) is 5.73 Å². The Morgan fingerprint density at radius 3 is 2.62 bits per heavy atom. The zero-order chi connectivity index (χ0) is 12.3. The van der Waals surface area contributed by atoms with Crippen LogP contribution in [-0.2, 0) is 11.3 Å². The zero-order valence-corrected chi connectivity index (χ0v) is 12.3. The summed E-state index contributed by atoms with van der Waals surface area (Å²) in [4.78, 5) is 10.8. The van der Waals surface area contributed by atoms with Crippen LogP contribution in [0.5, 0.6) is 0 Å². The van der Waals surface area contributed by atoms with Crippen LogP contribution in [0.15, 0.2) is 19.6 Å². The second-order valence-corrected chi connectivity index (χ2v) is 5.79. The second kappa shape index (κ2) is 5.33. The number of carbonyl (C=O) groups is 1. The molecule has 0 fully saturated rings. The van der Waals surface area contributed by atoms with Gasteiger partial charge in [0.05, 0.1) is 11.0 Å². The number of carbonyl (C=O) groups excluding carboxylic acids is 1. The summed E-state index contributed by atoms with van der Waals surface area (Å²) >= 11 is 6.60. The van der Waals surface area contributed by atoms with Crippen molar-refractivity contribution in [2.45, 2.75) is 32.4 Å². The number of primary amides is 1. The molecule has 0 unspecified atom stereocenters. The van der Waals surface area contributed by atoms with Gasteiger partial charge in [0, 0.05) is 12.0 Å². The summed E-state index contributed by atoms with van der Waals surface area (Å²) < 4.78 is 6.94. The average molecular weight is 354 g/mol. The summed E-state index contributed by atoms with van der Waals surface area (Å²) in [5, 5.41) is 3.21. The second-order valence-electron chi connectivity index (χ2n) is 4.21. The van der Waals surface area contributed by atoms with Crippen LogP contribution >= 0.6 is 31.9 Å². The minimum absolute atomic E-state index is 0.288. The number of halogens is 2. The van der Waals surface area contributed by atoms with Crippen molar-refractivity contribution < 1.29 is 9.21 Å². The van der Waals surface area contributed by atoms with E-state index in [1.807, 2.05) is 19.9 Å². The summed E-state index contributed by atoms with van der Waals surface area (Å²) in [5.41, 5.74) is 4.82. The Labute approximate surface area is 111 Å². The van der Waals surface area contributed by atoms with E-state index >= 15 is 0 Å². The Morgan fingerprint density at radius 2 is 2.19 bits per heavy atom. The van der Waals surface area contributed by atoms with Gasteiger partial charge in [-0.15, -0.1) is 0 Å². The molecule has 0 saturated heterocycles. The van der Waals surface area contributed by atoms with Crippen LogP contribution in [-0.4, -0.2) is 11.4 Å². The zero-order valence-electron chi connectivity index (χ0n) is 9.14. The van der Waals surface area contributed by atoms with Crippen molar-refractivity contribution in [1.29, 1.82) is 0 Å². The first kappa shape index (κ1) is 13.7. The van der Waals surface area contributed by atoms with Crippen LogP contribution in [0.1, 0.15) is 26.0 Å². The molecule has 4 nitrogen and oxygen atoms in total. The maximum atomic E-state index is 10.8. The monoisotopic (exact) mass is 352 g/mol. The van der Waals surface area contributed by atoms with Gasteiger partial charge in [-0.25, -0.2) is 0 Å². The van der Waals surface area contributed by atoms with E-state index in [-0.39, 0.29) is 17.9 Å². The third-order valence-corrected chi connectivity index (χ3v) is 3.76. The van der Waals surface area contributed by atoms with Gasteiger partial charge in [-0.2, -0.15) is 0 Å². The molecule has 1 amide bonds. The normalized spacial score (nSPS) is 11.8. The molecular weight excluding hydrogens is 340 g/mol. The van der Waals surface area contributed by atoms with Crippen molar-refractivity contribution in [3.8, 4) is 0 Å². The molecule has 0 aliphatic heterocycles. The predicted molar refractivity (Wildman–Crippen MR) is 68.8 cm³/mol. The summed E-state index contributed by atoms with van der Waals surface area (Å²) in [6, 6.07) is 1.87. The number of hydrogen-bond acceptors (Lipinski definition) is 3. The Morgan fingerprint density at radius 1 is 1.56 bits per heavy atom. The van der Waals surface area contributed by atoms with Gasteiger partial charge in [0.25, 0.3) is 0 Å². The molecule has 0 atom stereocenters. The number of nitrogens with one attached hydrogen (secondary N) is 1. The molecule has 1 heterocycles. The lowest BCUT2D eigenvalue weighted by Crippen LogP contribution is -2.42. The predicted octanol–water partition coefficient (Wildman–Crippen LogP) is 2.55. The lowest BCUT2D eigenvalue weighted by molar-refractivity contribution is -0.119. The van der Waals surface area contributed by atoms with E-state index in [2.05, 4.69) is 37.2 Å². The van der Waals surface area contributed by atoms with Gasteiger partial charge in [-0.05, 0) is 51.8 Å². The fourth-order valence-electron chi connectivity index (χ4n) is 1.30. The van der Waals surface area contributed by atoms with E-state index < -0.39 is 0 Å². The first-order valence-electron chi connectivity index (χ1n) is 4.77. The van der Waals surface area contributed by atoms with Crippen molar-refractivity contribution in [1.82, 2.24) is 5.32 Å². The van der Waals surface area contributed by atoms with Crippen molar-refractivity contribution in [3.05, 3.63) is 21.0 Å². The van der Waals surface area contributed by atoms with Crippen LogP contribution in [0.3, 0.4) is 0 Å². The third kappa shape index (κ3) is 4.27. The average Bonchev–Trinajstić information content (AvgIpc) is 2.41. The van der Waals surface area contributed by atoms with E-state index in [1.165, 1.54) is 0 Å². The van der Waals surface area contributed by atoms with Crippen LogP contribution in [0.25, 0.3) is 0 Å². The van der Waals surface area contributed by atoms with Crippen LogP contribution in [0.4, 0.5) is 0 Å². The summed E-state index contributed by atoms with van der Waals surface area (Å²) in [6.07, 6.45) is 0.288. The first-order valence-corrected chi connectivity index (χ1v) is 6.36. The molecule has 0 spiro atoms. The molecule has 0 aliphatic carbocycles. The molecule has 1 rings (SSSR count). The Kier molecular flexibility index (Phi) is 4.58. The fraction of sp³-hybridized carbons (Fsp3) is 0.500.